The number of methoxy groups -OCH3 is 1. The number of nitrogens with one attached hydrogen (secondary N) is 1. The second-order valence-corrected chi connectivity index (χ2v) is 4.59. The lowest BCUT2D eigenvalue weighted by Crippen LogP contribution is -2.16. The molecule has 1 aromatic heterocycles. The second-order valence-electron chi connectivity index (χ2n) is 4.20. The minimum atomic E-state index is -0.0434. The molecule has 1 N–H and O–H groups in total. The van der Waals surface area contributed by atoms with Gasteiger partial charge in [0, 0.05) is 5.56 Å². The van der Waals surface area contributed by atoms with E-state index in [9.17, 15) is 4.79 Å². The summed E-state index contributed by atoms with van der Waals surface area (Å²) in [6.45, 7) is 2.01. The van der Waals surface area contributed by atoms with Gasteiger partial charge in [-0.3, -0.25) is 4.79 Å². The zero-order chi connectivity index (χ0) is 14.5. The van der Waals surface area contributed by atoms with E-state index in [0.29, 0.717) is 22.3 Å². The number of nitrogens with zero attached hydrogens (tertiary/aromatic N) is 2. The normalized spacial score (nSPS) is 10.2. The quantitative estimate of drug-likeness (QED) is 0.858. The van der Waals surface area contributed by atoms with Crippen molar-refractivity contribution in [3.8, 4) is 5.75 Å². The van der Waals surface area contributed by atoms with Crippen LogP contribution in [0.4, 0.5) is 5.82 Å². The van der Waals surface area contributed by atoms with Gasteiger partial charge >= 0.3 is 0 Å². The Morgan fingerprint density at radius 1 is 1.30 bits per heavy atom. The number of hydrogen-bond donors (Lipinski definition) is 1. The number of ketones is 1. The number of benzene rings is 1. The van der Waals surface area contributed by atoms with Gasteiger partial charge in [0.25, 0.3) is 0 Å². The minimum absolute atomic E-state index is 0.0434. The summed E-state index contributed by atoms with van der Waals surface area (Å²) in [5.74, 6) is 1.12. The van der Waals surface area contributed by atoms with Crippen LogP contribution in [0.15, 0.2) is 30.3 Å². The first-order valence-electron chi connectivity index (χ1n) is 6.01. The van der Waals surface area contributed by atoms with Crippen molar-refractivity contribution in [2.45, 2.75) is 6.92 Å². The van der Waals surface area contributed by atoms with Gasteiger partial charge in [-0.05, 0) is 36.8 Å². The number of rotatable bonds is 5. The number of carbonyl (C=O) groups is 1. The average Bonchev–Trinajstić information content (AvgIpc) is 2.47. The van der Waals surface area contributed by atoms with Gasteiger partial charge in [0.1, 0.15) is 11.6 Å². The summed E-state index contributed by atoms with van der Waals surface area (Å²) in [5.41, 5.74) is 1.53. The molecule has 0 amide bonds. The Bertz CT molecular complexity index is 614. The van der Waals surface area contributed by atoms with Crippen molar-refractivity contribution in [3.63, 3.8) is 0 Å². The SMILES string of the molecule is COc1ccc(C)c(C(=O)CNc2ccc(Cl)nn2)c1. The van der Waals surface area contributed by atoms with E-state index in [0.717, 1.165) is 5.56 Å². The molecule has 0 fully saturated rings. The van der Waals surface area contributed by atoms with Crippen LogP contribution in [0.2, 0.25) is 5.15 Å². The minimum Gasteiger partial charge on any atom is -0.497 e. The number of hydrogen-bond acceptors (Lipinski definition) is 5. The first-order chi connectivity index (χ1) is 9.60. The molecule has 2 aromatic rings. The molecule has 2 rings (SSSR count). The van der Waals surface area contributed by atoms with Gasteiger partial charge < -0.3 is 10.1 Å². The average molecular weight is 292 g/mol. The van der Waals surface area contributed by atoms with Crippen LogP contribution < -0.4 is 10.1 Å². The van der Waals surface area contributed by atoms with Crippen molar-refractivity contribution < 1.29 is 9.53 Å². The van der Waals surface area contributed by atoms with Crippen LogP contribution in [0.3, 0.4) is 0 Å². The van der Waals surface area contributed by atoms with Gasteiger partial charge in [0.05, 0.1) is 13.7 Å². The first kappa shape index (κ1) is 14.3. The smallest absolute Gasteiger partial charge is 0.182 e. The fraction of sp³-hybridized carbons (Fsp3) is 0.214. The maximum absolute atomic E-state index is 12.2. The van der Waals surface area contributed by atoms with E-state index in [2.05, 4.69) is 15.5 Å². The lowest BCUT2D eigenvalue weighted by Gasteiger charge is -2.08. The highest BCUT2D eigenvalue weighted by molar-refractivity contribution is 6.29. The molecular formula is C14H14ClN3O2. The number of halogens is 1. The molecule has 0 saturated heterocycles. The Kier molecular flexibility index (Phi) is 4.53. The van der Waals surface area contributed by atoms with Crippen LogP contribution in [0, 0.1) is 6.92 Å². The summed E-state index contributed by atoms with van der Waals surface area (Å²) in [4.78, 5) is 12.2. The molecule has 0 radical (unpaired) electrons. The van der Waals surface area contributed by atoms with Gasteiger partial charge in [-0.25, -0.2) is 0 Å². The zero-order valence-electron chi connectivity index (χ0n) is 11.2. The van der Waals surface area contributed by atoms with Crippen LogP contribution in [0.5, 0.6) is 5.75 Å². The highest BCUT2D eigenvalue weighted by atomic mass is 35.5. The van der Waals surface area contributed by atoms with E-state index in [-0.39, 0.29) is 12.3 Å². The van der Waals surface area contributed by atoms with Crippen LogP contribution in [0.25, 0.3) is 0 Å². The largest absolute Gasteiger partial charge is 0.497 e. The summed E-state index contributed by atoms with van der Waals surface area (Å²) < 4.78 is 5.13. The third-order valence-corrected chi connectivity index (χ3v) is 3.01. The third kappa shape index (κ3) is 3.45. The summed E-state index contributed by atoms with van der Waals surface area (Å²) >= 11 is 5.64. The lowest BCUT2D eigenvalue weighted by atomic mass is 10.0. The summed E-state index contributed by atoms with van der Waals surface area (Å²) in [5, 5.41) is 10.7. The fourth-order valence-corrected chi connectivity index (χ4v) is 1.81. The van der Waals surface area contributed by atoms with Crippen molar-refractivity contribution in [2.75, 3.05) is 19.0 Å². The van der Waals surface area contributed by atoms with E-state index in [1.165, 1.54) is 0 Å². The van der Waals surface area contributed by atoms with Gasteiger partial charge in [-0.2, -0.15) is 0 Å². The maximum Gasteiger partial charge on any atom is 0.182 e. The third-order valence-electron chi connectivity index (χ3n) is 2.81. The Balaban J connectivity index is 2.06. The number of anilines is 1. The molecule has 0 aliphatic carbocycles. The van der Waals surface area contributed by atoms with Crippen molar-refractivity contribution in [2.24, 2.45) is 0 Å². The molecular weight excluding hydrogens is 278 g/mol. The Morgan fingerprint density at radius 2 is 2.10 bits per heavy atom. The molecule has 1 aromatic carbocycles. The molecule has 0 spiro atoms. The van der Waals surface area contributed by atoms with Crippen molar-refractivity contribution >= 4 is 23.2 Å². The Labute approximate surface area is 121 Å². The van der Waals surface area contributed by atoms with Crippen LogP contribution in [-0.4, -0.2) is 29.6 Å². The fourth-order valence-electron chi connectivity index (χ4n) is 1.70. The van der Waals surface area contributed by atoms with Crippen molar-refractivity contribution in [1.82, 2.24) is 10.2 Å². The molecule has 0 aliphatic rings. The summed E-state index contributed by atoms with van der Waals surface area (Å²) in [7, 11) is 1.57. The molecule has 6 heteroatoms. The topological polar surface area (TPSA) is 64.1 Å². The monoisotopic (exact) mass is 291 g/mol. The number of aromatic nitrogens is 2. The summed E-state index contributed by atoms with van der Waals surface area (Å²) in [6.07, 6.45) is 0. The molecule has 0 unspecified atom stereocenters. The van der Waals surface area contributed by atoms with E-state index < -0.39 is 0 Å². The highest BCUT2D eigenvalue weighted by Gasteiger charge is 2.10. The molecule has 0 atom stereocenters. The van der Waals surface area contributed by atoms with Gasteiger partial charge in [-0.15, -0.1) is 10.2 Å². The van der Waals surface area contributed by atoms with Crippen molar-refractivity contribution in [1.29, 1.82) is 0 Å². The Morgan fingerprint density at radius 3 is 2.75 bits per heavy atom. The van der Waals surface area contributed by atoms with Gasteiger partial charge in [-0.1, -0.05) is 17.7 Å². The van der Waals surface area contributed by atoms with Crippen LogP contribution >= 0.6 is 11.6 Å². The van der Waals surface area contributed by atoms with E-state index in [1.54, 1.807) is 25.3 Å². The van der Waals surface area contributed by atoms with Gasteiger partial charge in [0.2, 0.25) is 0 Å². The number of aryl methyl sites for hydroxylation is 1. The predicted molar refractivity (Wildman–Crippen MR) is 77.6 cm³/mol. The van der Waals surface area contributed by atoms with Crippen molar-refractivity contribution in [3.05, 3.63) is 46.6 Å². The summed E-state index contributed by atoms with van der Waals surface area (Å²) in [6, 6.07) is 8.68. The van der Waals surface area contributed by atoms with E-state index in [1.807, 2.05) is 19.1 Å². The van der Waals surface area contributed by atoms with E-state index >= 15 is 0 Å². The first-order valence-corrected chi connectivity index (χ1v) is 6.39. The molecule has 0 saturated carbocycles. The number of carbonyl (C=O) groups excluding carboxylic acids is 1. The molecule has 104 valence electrons. The van der Waals surface area contributed by atoms with Crippen LogP contribution in [0.1, 0.15) is 15.9 Å². The Hall–Kier alpha value is -2.14. The van der Waals surface area contributed by atoms with Crippen LogP contribution in [-0.2, 0) is 0 Å². The molecule has 0 bridgehead atoms. The standard InChI is InChI=1S/C14H14ClN3O2/c1-9-3-4-10(20-2)7-11(9)12(19)8-16-14-6-5-13(15)17-18-14/h3-7H,8H2,1-2H3,(H,16,18). The molecule has 1 heterocycles. The molecule has 20 heavy (non-hydrogen) atoms. The van der Waals surface area contributed by atoms with Gasteiger partial charge in [0.15, 0.2) is 10.9 Å². The second kappa shape index (κ2) is 6.34. The molecule has 5 nitrogen and oxygen atoms in total. The maximum atomic E-state index is 12.2. The highest BCUT2D eigenvalue weighted by Crippen LogP contribution is 2.17. The number of Topliss-reactive ketones (excluding diaryl/α,β-unsaturated/α-hetero) is 1. The number of ether oxygens (including phenoxy) is 1. The predicted octanol–water partition coefficient (Wildman–Crippen LogP) is 2.74. The molecule has 0 aliphatic heterocycles. The lowest BCUT2D eigenvalue weighted by molar-refractivity contribution is 0.100. The zero-order valence-corrected chi connectivity index (χ0v) is 11.9. The van der Waals surface area contributed by atoms with E-state index in [4.69, 9.17) is 16.3 Å².